The molecule has 1 nitrogen and oxygen atoms in total. The third kappa shape index (κ3) is 3.95. The molecule has 5 heteroatoms. The average molecular weight is 234 g/mol. The highest BCUT2D eigenvalue weighted by molar-refractivity contribution is 8.00. The van der Waals surface area contributed by atoms with Crippen LogP contribution in [0.3, 0.4) is 0 Å². The molecule has 0 unspecified atom stereocenters. The van der Waals surface area contributed by atoms with Crippen molar-refractivity contribution in [1.82, 2.24) is 0 Å². The van der Waals surface area contributed by atoms with Crippen LogP contribution in [0.15, 0.2) is 29.2 Å². The lowest BCUT2D eigenvalue weighted by Crippen LogP contribution is -2.00. The highest BCUT2D eigenvalue weighted by Crippen LogP contribution is 2.36. The Morgan fingerprint density at radius 3 is 2.60 bits per heavy atom. The van der Waals surface area contributed by atoms with Gasteiger partial charge in [0.25, 0.3) is 0 Å². The van der Waals surface area contributed by atoms with E-state index in [0.717, 1.165) is 0 Å². The van der Waals surface area contributed by atoms with Gasteiger partial charge in [-0.15, -0.1) is 0 Å². The molecule has 82 valence electrons. The highest BCUT2D eigenvalue weighted by Gasteiger charge is 2.29. The lowest BCUT2D eigenvalue weighted by Gasteiger charge is -2.06. The van der Waals surface area contributed by atoms with Gasteiger partial charge in [0, 0.05) is 16.9 Å². The predicted octanol–water partition coefficient (Wildman–Crippen LogP) is 3.89. The summed E-state index contributed by atoms with van der Waals surface area (Å²) in [5, 5.41) is 0. The van der Waals surface area contributed by atoms with E-state index in [1.54, 1.807) is 6.92 Å². The third-order valence-corrected chi connectivity index (χ3v) is 2.43. The second-order valence-corrected chi connectivity index (χ2v) is 3.99. The number of ketones is 1. The normalized spacial score (nSPS) is 11.5. The minimum atomic E-state index is -4.31. The molecule has 15 heavy (non-hydrogen) atoms. The molecule has 0 bridgehead atoms. The number of alkyl halides is 3. The lowest BCUT2D eigenvalue weighted by atomic mass is 10.1. The quantitative estimate of drug-likeness (QED) is 0.583. The van der Waals surface area contributed by atoms with Crippen LogP contribution >= 0.6 is 11.8 Å². The van der Waals surface area contributed by atoms with Gasteiger partial charge in [0.2, 0.25) is 0 Å². The highest BCUT2D eigenvalue weighted by atomic mass is 32.2. The molecule has 1 rings (SSSR count). The first-order valence-corrected chi connectivity index (χ1v) is 5.13. The fraction of sp³-hybridized carbons (Fsp3) is 0.300. The first-order valence-electron chi connectivity index (χ1n) is 4.31. The largest absolute Gasteiger partial charge is 0.446 e. The van der Waals surface area contributed by atoms with Crippen LogP contribution in [0.1, 0.15) is 23.7 Å². The molecule has 0 heterocycles. The van der Waals surface area contributed by atoms with E-state index in [1.807, 2.05) is 0 Å². The molecule has 0 saturated carbocycles. The maximum Gasteiger partial charge on any atom is 0.446 e. The second kappa shape index (κ2) is 4.70. The fourth-order valence-corrected chi connectivity index (χ4v) is 1.67. The number of carbonyl (C=O) groups is 1. The molecular formula is C10H9F3OS. The van der Waals surface area contributed by atoms with Crippen LogP contribution in [-0.4, -0.2) is 11.3 Å². The van der Waals surface area contributed by atoms with Crippen LogP contribution in [0, 0.1) is 0 Å². The van der Waals surface area contributed by atoms with Gasteiger partial charge in [-0.1, -0.05) is 19.1 Å². The van der Waals surface area contributed by atoms with Crippen molar-refractivity contribution >= 4 is 17.5 Å². The van der Waals surface area contributed by atoms with Crippen LogP contribution in [0.2, 0.25) is 0 Å². The Labute approximate surface area is 89.7 Å². The summed E-state index contributed by atoms with van der Waals surface area (Å²) < 4.78 is 36.1. The number of hydrogen-bond donors (Lipinski definition) is 0. The summed E-state index contributed by atoms with van der Waals surface area (Å²) in [5.41, 5.74) is -3.99. The molecule has 0 N–H and O–H groups in total. The maximum absolute atomic E-state index is 12.0. The minimum absolute atomic E-state index is 0.0433. The average Bonchev–Trinajstić information content (AvgIpc) is 2.14. The van der Waals surface area contributed by atoms with Crippen LogP contribution in [0.25, 0.3) is 0 Å². The third-order valence-electron chi connectivity index (χ3n) is 1.71. The zero-order chi connectivity index (χ0) is 11.5. The Kier molecular flexibility index (Phi) is 3.79. The van der Waals surface area contributed by atoms with Gasteiger partial charge in [0.15, 0.2) is 5.78 Å². The topological polar surface area (TPSA) is 17.1 Å². The van der Waals surface area contributed by atoms with Crippen molar-refractivity contribution in [2.24, 2.45) is 0 Å². The van der Waals surface area contributed by atoms with E-state index >= 15 is 0 Å². The molecule has 1 aromatic rings. The number of benzene rings is 1. The minimum Gasteiger partial charge on any atom is -0.294 e. The summed E-state index contributed by atoms with van der Waals surface area (Å²) >= 11 is -0.209. The van der Waals surface area contributed by atoms with Gasteiger partial charge in [0.1, 0.15) is 0 Å². The van der Waals surface area contributed by atoms with Crippen LogP contribution in [0.5, 0.6) is 0 Å². The van der Waals surface area contributed by atoms with Gasteiger partial charge in [-0.3, -0.25) is 4.79 Å². The summed E-state index contributed by atoms with van der Waals surface area (Å²) in [6.07, 6.45) is 0.292. The Morgan fingerprint density at radius 2 is 2.07 bits per heavy atom. The molecule has 0 aliphatic heterocycles. The Bertz CT molecular complexity index is 360. The first-order chi connectivity index (χ1) is 6.92. The van der Waals surface area contributed by atoms with Crippen LogP contribution in [0.4, 0.5) is 13.2 Å². The number of hydrogen-bond acceptors (Lipinski definition) is 2. The molecule has 0 aliphatic rings. The van der Waals surface area contributed by atoms with E-state index < -0.39 is 5.51 Å². The van der Waals surface area contributed by atoms with Gasteiger partial charge in [-0.25, -0.2) is 0 Å². The molecule has 0 radical (unpaired) electrons. The van der Waals surface area contributed by atoms with Gasteiger partial charge >= 0.3 is 5.51 Å². The molecule has 0 amide bonds. The van der Waals surface area contributed by atoms with E-state index in [-0.39, 0.29) is 22.4 Å². The fourth-order valence-electron chi connectivity index (χ4n) is 1.07. The Morgan fingerprint density at radius 1 is 1.40 bits per heavy atom. The SMILES string of the molecule is CCC(=O)c1cccc(SC(F)(F)F)c1. The van der Waals surface area contributed by atoms with Gasteiger partial charge < -0.3 is 0 Å². The van der Waals surface area contributed by atoms with Crippen molar-refractivity contribution < 1.29 is 18.0 Å². The molecule has 0 atom stereocenters. The zero-order valence-electron chi connectivity index (χ0n) is 7.97. The number of thioether (sulfide) groups is 1. The zero-order valence-corrected chi connectivity index (χ0v) is 8.78. The van der Waals surface area contributed by atoms with Crippen LogP contribution in [-0.2, 0) is 0 Å². The smallest absolute Gasteiger partial charge is 0.294 e. The monoisotopic (exact) mass is 234 g/mol. The molecule has 0 aliphatic carbocycles. The molecule has 0 fully saturated rings. The Balaban J connectivity index is 2.88. The van der Waals surface area contributed by atoms with E-state index in [4.69, 9.17) is 0 Å². The van der Waals surface area contributed by atoms with Gasteiger partial charge in [0.05, 0.1) is 0 Å². The van der Waals surface area contributed by atoms with Gasteiger partial charge in [-0.05, 0) is 23.9 Å². The first kappa shape index (κ1) is 12.1. The van der Waals surface area contributed by atoms with Crippen molar-refractivity contribution in [3.05, 3.63) is 29.8 Å². The molecule has 1 aromatic carbocycles. The molecular weight excluding hydrogens is 225 g/mol. The van der Waals surface area contributed by atoms with Crippen molar-refractivity contribution in [3.63, 3.8) is 0 Å². The number of rotatable bonds is 3. The summed E-state index contributed by atoms with van der Waals surface area (Å²) in [6, 6.07) is 5.58. The van der Waals surface area contributed by atoms with E-state index in [2.05, 4.69) is 0 Å². The summed E-state index contributed by atoms with van der Waals surface area (Å²) in [4.78, 5) is 11.3. The molecule has 0 spiro atoms. The second-order valence-electron chi connectivity index (χ2n) is 2.85. The predicted molar refractivity (Wildman–Crippen MR) is 53.0 cm³/mol. The van der Waals surface area contributed by atoms with E-state index in [9.17, 15) is 18.0 Å². The molecule has 0 aromatic heterocycles. The lowest BCUT2D eigenvalue weighted by molar-refractivity contribution is -0.0328. The van der Waals surface area contributed by atoms with Crippen molar-refractivity contribution in [1.29, 1.82) is 0 Å². The standard InChI is InChI=1S/C10H9F3OS/c1-2-9(14)7-4-3-5-8(6-7)15-10(11,12)13/h3-6H,2H2,1H3. The van der Waals surface area contributed by atoms with Crippen molar-refractivity contribution in [2.45, 2.75) is 23.7 Å². The van der Waals surface area contributed by atoms with E-state index in [0.29, 0.717) is 12.0 Å². The summed E-state index contributed by atoms with van der Waals surface area (Å²) in [6.45, 7) is 1.67. The maximum atomic E-state index is 12.0. The number of carbonyl (C=O) groups excluding carboxylic acids is 1. The van der Waals surface area contributed by atoms with Crippen LogP contribution < -0.4 is 0 Å². The Hall–Kier alpha value is -0.970. The van der Waals surface area contributed by atoms with Crippen molar-refractivity contribution in [2.75, 3.05) is 0 Å². The molecule has 0 saturated heterocycles. The summed E-state index contributed by atoms with van der Waals surface area (Å²) in [7, 11) is 0. The van der Waals surface area contributed by atoms with E-state index in [1.165, 1.54) is 24.3 Å². The summed E-state index contributed by atoms with van der Waals surface area (Å²) in [5.74, 6) is -0.153. The number of Topliss-reactive ketones (excluding diaryl/α,β-unsaturated/α-hetero) is 1. The van der Waals surface area contributed by atoms with Gasteiger partial charge in [-0.2, -0.15) is 13.2 Å². The van der Waals surface area contributed by atoms with Crippen molar-refractivity contribution in [3.8, 4) is 0 Å². The number of halogens is 3.